The van der Waals surface area contributed by atoms with E-state index in [0.29, 0.717) is 30.9 Å². The number of anilines is 2. The molecule has 2 aromatic heterocycles. The van der Waals surface area contributed by atoms with Crippen molar-refractivity contribution in [2.24, 2.45) is 0 Å². The molecule has 0 aliphatic rings. The number of carbonyl (C=O) groups excluding carboxylic acids is 1. The molecule has 0 saturated carbocycles. The van der Waals surface area contributed by atoms with E-state index >= 15 is 0 Å². The van der Waals surface area contributed by atoms with E-state index < -0.39 is 11.2 Å². The Balaban J connectivity index is 1.79. The standard InChI is InChI=1S/C23H27FN4O5/c1-2-3-12-27-21(25)20(22(30)26-23(27)31)28(15-18-6-4-13-33-18)19(29)7-5-14-32-17-10-8-16(24)9-11-17/h4,6,8-11,13H,2-3,5,7,12,14-15,25H2,1H3,(H,26,30,31). The first-order chi connectivity index (χ1) is 15.9. The molecule has 1 amide bonds. The highest BCUT2D eigenvalue weighted by atomic mass is 19.1. The number of nitrogen functional groups attached to an aromatic ring is 1. The third-order valence-electron chi connectivity index (χ3n) is 5.03. The summed E-state index contributed by atoms with van der Waals surface area (Å²) in [6, 6.07) is 8.92. The summed E-state index contributed by atoms with van der Waals surface area (Å²) in [5.74, 6) is 0.122. The summed E-state index contributed by atoms with van der Waals surface area (Å²) < 4.78 is 25.2. The van der Waals surface area contributed by atoms with Crippen LogP contribution in [0.3, 0.4) is 0 Å². The number of ether oxygens (including phenoxy) is 1. The quantitative estimate of drug-likeness (QED) is 0.426. The smallest absolute Gasteiger partial charge is 0.330 e. The van der Waals surface area contributed by atoms with Crippen molar-refractivity contribution in [3.05, 3.63) is 75.1 Å². The average Bonchev–Trinajstić information content (AvgIpc) is 3.30. The van der Waals surface area contributed by atoms with Crippen molar-refractivity contribution in [2.75, 3.05) is 17.2 Å². The predicted octanol–water partition coefficient (Wildman–Crippen LogP) is 3.04. The Labute approximate surface area is 189 Å². The molecule has 176 valence electrons. The molecule has 0 radical (unpaired) electrons. The number of nitrogens with two attached hydrogens (primary N) is 1. The summed E-state index contributed by atoms with van der Waals surface area (Å²) in [7, 11) is 0. The van der Waals surface area contributed by atoms with Crippen LogP contribution in [0.2, 0.25) is 0 Å². The highest BCUT2D eigenvalue weighted by Gasteiger charge is 2.25. The van der Waals surface area contributed by atoms with Gasteiger partial charge in [0.15, 0.2) is 5.69 Å². The third-order valence-corrected chi connectivity index (χ3v) is 5.03. The van der Waals surface area contributed by atoms with Crippen LogP contribution in [0.1, 0.15) is 38.4 Å². The number of furan rings is 1. The van der Waals surface area contributed by atoms with Crippen molar-refractivity contribution in [3.63, 3.8) is 0 Å². The van der Waals surface area contributed by atoms with Crippen molar-refractivity contribution in [2.45, 2.75) is 45.7 Å². The van der Waals surface area contributed by atoms with E-state index in [9.17, 15) is 18.8 Å². The lowest BCUT2D eigenvalue weighted by Gasteiger charge is -2.24. The monoisotopic (exact) mass is 458 g/mol. The number of hydrogen-bond acceptors (Lipinski definition) is 6. The number of aromatic nitrogens is 2. The number of nitrogens with one attached hydrogen (secondary N) is 1. The Morgan fingerprint density at radius 3 is 2.64 bits per heavy atom. The van der Waals surface area contributed by atoms with Gasteiger partial charge in [-0.3, -0.25) is 24.0 Å². The molecule has 2 heterocycles. The van der Waals surface area contributed by atoms with Gasteiger partial charge in [0, 0.05) is 13.0 Å². The molecular weight excluding hydrogens is 431 g/mol. The summed E-state index contributed by atoms with van der Waals surface area (Å²) in [5, 5.41) is 0. The molecule has 0 aliphatic carbocycles. The van der Waals surface area contributed by atoms with E-state index in [0.717, 1.165) is 6.42 Å². The topological polar surface area (TPSA) is 124 Å². The minimum Gasteiger partial charge on any atom is -0.494 e. The molecule has 0 aliphatic heterocycles. The van der Waals surface area contributed by atoms with E-state index in [4.69, 9.17) is 14.9 Å². The largest absolute Gasteiger partial charge is 0.494 e. The Morgan fingerprint density at radius 1 is 1.21 bits per heavy atom. The first-order valence-electron chi connectivity index (χ1n) is 10.7. The van der Waals surface area contributed by atoms with Gasteiger partial charge in [0.1, 0.15) is 23.1 Å². The Bertz CT molecular complexity index is 1170. The summed E-state index contributed by atoms with van der Waals surface area (Å²) in [5.41, 5.74) is 4.75. The number of amides is 1. The molecule has 0 unspecified atom stereocenters. The van der Waals surface area contributed by atoms with Crippen LogP contribution < -0.4 is 26.6 Å². The molecule has 3 aromatic rings. The molecule has 33 heavy (non-hydrogen) atoms. The first kappa shape index (κ1) is 23.8. The average molecular weight is 458 g/mol. The van der Waals surface area contributed by atoms with Crippen LogP contribution in [-0.4, -0.2) is 22.1 Å². The van der Waals surface area contributed by atoms with Gasteiger partial charge in [0.05, 0.1) is 19.4 Å². The fourth-order valence-electron chi connectivity index (χ4n) is 3.31. The maximum absolute atomic E-state index is 13.1. The minimum absolute atomic E-state index is 0.0239. The zero-order valence-corrected chi connectivity index (χ0v) is 18.4. The number of rotatable bonds is 11. The molecule has 3 rings (SSSR count). The third kappa shape index (κ3) is 6.12. The van der Waals surface area contributed by atoms with Crippen LogP contribution in [0.4, 0.5) is 15.9 Å². The van der Waals surface area contributed by atoms with Crippen LogP contribution in [0, 0.1) is 5.82 Å². The van der Waals surface area contributed by atoms with Crippen molar-refractivity contribution in [1.82, 2.24) is 9.55 Å². The van der Waals surface area contributed by atoms with Crippen molar-refractivity contribution in [3.8, 4) is 5.75 Å². The lowest BCUT2D eigenvalue weighted by molar-refractivity contribution is -0.119. The Morgan fingerprint density at radius 2 is 1.97 bits per heavy atom. The maximum Gasteiger partial charge on any atom is 0.330 e. The van der Waals surface area contributed by atoms with Crippen molar-refractivity contribution in [1.29, 1.82) is 0 Å². The zero-order valence-electron chi connectivity index (χ0n) is 18.4. The van der Waals surface area contributed by atoms with E-state index in [1.165, 1.54) is 40.0 Å². The molecule has 0 spiro atoms. The Kier molecular flexibility index (Phi) is 8.06. The lowest BCUT2D eigenvalue weighted by Crippen LogP contribution is -2.41. The normalized spacial score (nSPS) is 10.8. The van der Waals surface area contributed by atoms with E-state index in [1.807, 2.05) is 6.92 Å². The predicted molar refractivity (Wildman–Crippen MR) is 122 cm³/mol. The fourth-order valence-corrected chi connectivity index (χ4v) is 3.31. The first-order valence-corrected chi connectivity index (χ1v) is 10.7. The molecule has 0 atom stereocenters. The van der Waals surface area contributed by atoms with Gasteiger partial charge >= 0.3 is 5.69 Å². The number of nitrogens with zero attached hydrogens (tertiary/aromatic N) is 2. The van der Waals surface area contributed by atoms with Gasteiger partial charge in [-0.2, -0.15) is 0 Å². The van der Waals surface area contributed by atoms with Gasteiger partial charge in [0.25, 0.3) is 5.56 Å². The van der Waals surface area contributed by atoms with Crippen LogP contribution in [0.15, 0.2) is 56.7 Å². The summed E-state index contributed by atoms with van der Waals surface area (Å²) in [6.45, 7) is 2.48. The molecule has 1 aromatic carbocycles. The molecule has 0 fully saturated rings. The summed E-state index contributed by atoms with van der Waals surface area (Å²) >= 11 is 0. The second-order valence-corrected chi connectivity index (χ2v) is 7.46. The number of benzene rings is 1. The van der Waals surface area contributed by atoms with Crippen molar-refractivity contribution >= 4 is 17.4 Å². The van der Waals surface area contributed by atoms with Gasteiger partial charge in [-0.25, -0.2) is 9.18 Å². The maximum atomic E-state index is 13.1. The lowest BCUT2D eigenvalue weighted by atomic mass is 10.2. The van der Waals surface area contributed by atoms with Gasteiger partial charge in [-0.05, 0) is 49.2 Å². The van der Waals surface area contributed by atoms with Gasteiger partial charge in [-0.1, -0.05) is 13.3 Å². The zero-order chi connectivity index (χ0) is 23.8. The second-order valence-electron chi connectivity index (χ2n) is 7.46. The SMILES string of the molecule is CCCCn1c(N)c(N(Cc2ccco2)C(=O)CCCOc2ccc(F)cc2)c(=O)[nH]c1=O. The fraction of sp³-hybridized carbons (Fsp3) is 0.348. The van der Waals surface area contributed by atoms with Gasteiger partial charge < -0.3 is 14.9 Å². The Hall–Kier alpha value is -3.82. The van der Waals surface area contributed by atoms with Crippen molar-refractivity contribution < 1.29 is 18.3 Å². The number of halogens is 1. The molecule has 9 nitrogen and oxygen atoms in total. The number of aromatic amines is 1. The van der Waals surface area contributed by atoms with E-state index in [1.54, 1.807) is 12.1 Å². The summed E-state index contributed by atoms with van der Waals surface area (Å²) in [6.07, 6.45) is 3.36. The van der Waals surface area contributed by atoms with E-state index in [-0.39, 0.29) is 42.8 Å². The number of hydrogen-bond donors (Lipinski definition) is 2. The number of H-pyrrole nitrogens is 1. The minimum atomic E-state index is -0.743. The van der Waals surface area contributed by atoms with Gasteiger partial charge in [-0.15, -0.1) is 0 Å². The summed E-state index contributed by atoms with van der Waals surface area (Å²) in [4.78, 5) is 41.5. The second kappa shape index (κ2) is 11.2. The number of unbranched alkanes of at least 4 members (excludes halogenated alkanes) is 1. The van der Waals surface area contributed by atoms with Crippen LogP contribution >= 0.6 is 0 Å². The van der Waals surface area contributed by atoms with Crippen LogP contribution in [-0.2, 0) is 17.9 Å². The molecule has 10 heteroatoms. The molecular formula is C23H27FN4O5. The van der Waals surface area contributed by atoms with Crippen LogP contribution in [0.5, 0.6) is 5.75 Å². The highest BCUT2D eigenvalue weighted by Crippen LogP contribution is 2.22. The molecule has 0 saturated heterocycles. The molecule has 0 bridgehead atoms. The van der Waals surface area contributed by atoms with Gasteiger partial charge in [0.2, 0.25) is 5.91 Å². The number of carbonyl (C=O) groups is 1. The van der Waals surface area contributed by atoms with E-state index in [2.05, 4.69) is 4.98 Å². The molecule has 3 N–H and O–H groups in total. The highest BCUT2D eigenvalue weighted by molar-refractivity contribution is 5.95. The van der Waals surface area contributed by atoms with Crippen LogP contribution in [0.25, 0.3) is 0 Å².